The number of benzene rings is 3. The third-order valence-corrected chi connectivity index (χ3v) is 6.13. The summed E-state index contributed by atoms with van der Waals surface area (Å²) in [4.78, 5) is 28.9. The zero-order valence-corrected chi connectivity index (χ0v) is 20.4. The molecule has 0 fully saturated rings. The smallest absolute Gasteiger partial charge is 0.422 e. The van der Waals surface area contributed by atoms with Crippen LogP contribution in [0.1, 0.15) is 21.5 Å². The number of alkyl halides is 3. The number of halogens is 4. The van der Waals surface area contributed by atoms with E-state index in [1.165, 1.54) is 24.3 Å². The van der Waals surface area contributed by atoms with E-state index >= 15 is 0 Å². The Hall–Kier alpha value is -4.51. The van der Waals surface area contributed by atoms with Crippen LogP contribution in [0.4, 0.5) is 24.8 Å². The predicted octanol–water partition coefficient (Wildman–Crippen LogP) is 5.89. The SMILES string of the molecule is Cc1c(C(N)=O)c(=O)oc2cc3c(cc12)nc(Nc1ccc(OC(F)(F)F)cc1)n3Cc1ccc(Cl)cc1. The molecule has 0 saturated carbocycles. The fourth-order valence-electron chi connectivity index (χ4n) is 4.15. The highest BCUT2D eigenvalue weighted by molar-refractivity contribution is 6.30. The van der Waals surface area contributed by atoms with Crippen LogP contribution in [0, 0.1) is 6.92 Å². The molecule has 0 saturated heterocycles. The van der Waals surface area contributed by atoms with Crippen molar-refractivity contribution in [3.63, 3.8) is 0 Å². The van der Waals surface area contributed by atoms with Gasteiger partial charge in [-0.25, -0.2) is 9.78 Å². The maximum Gasteiger partial charge on any atom is 0.573 e. The van der Waals surface area contributed by atoms with Gasteiger partial charge in [0.2, 0.25) is 5.95 Å². The van der Waals surface area contributed by atoms with Gasteiger partial charge in [0.15, 0.2) is 0 Å². The zero-order chi connectivity index (χ0) is 27.2. The molecule has 5 aromatic rings. The van der Waals surface area contributed by atoms with Crippen LogP contribution in [0.3, 0.4) is 0 Å². The van der Waals surface area contributed by atoms with Crippen LogP contribution in [-0.4, -0.2) is 21.8 Å². The third-order valence-electron chi connectivity index (χ3n) is 5.88. The second-order valence-electron chi connectivity index (χ2n) is 8.44. The Bertz CT molecular complexity index is 1740. The van der Waals surface area contributed by atoms with E-state index in [2.05, 4.69) is 15.0 Å². The van der Waals surface area contributed by atoms with Gasteiger partial charge in [-0.2, -0.15) is 0 Å². The number of nitrogens with zero attached hydrogens (tertiary/aromatic N) is 2. The third kappa shape index (κ3) is 5.00. The summed E-state index contributed by atoms with van der Waals surface area (Å²) < 4.78 is 48.7. The molecule has 2 heterocycles. The van der Waals surface area contributed by atoms with Crippen molar-refractivity contribution in [3.8, 4) is 5.75 Å². The Labute approximate surface area is 217 Å². The van der Waals surface area contributed by atoms with E-state index in [0.717, 1.165) is 5.56 Å². The molecule has 0 radical (unpaired) electrons. The van der Waals surface area contributed by atoms with Crippen LogP contribution in [0.2, 0.25) is 5.02 Å². The van der Waals surface area contributed by atoms with E-state index in [-0.39, 0.29) is 16.9 Å². The minimum atomic E-state index is -4.80. The number of ether oxygens (including phenoxy) is 1. The van der Waals surface area contributed by atoms with Gasteiger partial charge in [0.25, 0.3) is 5.91 Å². The summed E-state index contributed by atoms with van der Waals surface area (Å²) in [7, 11) is 0. The number of aryl methyl sites for hydroxylation is 1. The molecule has 3 N–H and O–H groups in total. The number of carbonyl (C=O) groups excluding carboxylic acids is 1. The minimum Gasteiger partial charge on any atom is -0.422 e. The Morgan fingerprint density at radius 3 is 2.45 bits per heavy atom. The number of fused-ring (bicyclic) bond motifs is 2. The standard InChI is InChI=1S/C26H18ClF3N4O4/c1-13-18-10-19-20(11-21(18)37-24(36)22(13)23(31)35)34(12-14-2-4-15(27)5-3-14)25(33-19)32-16-6-8-17(9-7-16)38-26(28,29)30/h2-11H,12H2,1H3,(H2,31,35)(H,32,33). The molecule has 0 aliphatic carbocycles. The van der Waals surface area contributed by atoms with E-state index in [1.807, 2.05) is 16.7 Å². The number of anilines is 2. The van der Waals surface area contributed by atoms with E-state index in [4.69, 9.17) is 21.8 Å². The highest BCUT2D eigenvalue weighted by atomic mass is 35.5. The lowest BCUT2D eigenvalue weighted by molar-refractivity contribution is -0.274. The second-order valence-corrected chi connectivity index (χ2v) is 8.87. The second kappa shape index (κ2) is 9.42. The molecular formula is C26H18ClF3N4O4. The Morgan fingerprint density at radius 1 is 1.13 bits per heavy atom. The normalized spacial score (nSPS) is 11.7. The number of nitrogens with one attached hydrogen (secondary N) is 1. The summed E-state index contributed by atoms with van der Waals surface area (Å²) in [5.74, 6) is -0.892. The first kappa shape index (κ1) is 25.2. The van der Waals surface area contributed by atoms with Crippen molar-refractivity contribution in [2.45, 2.75) is 19.8 Å². The maximum absolute atomic E-state index is 12.5. The molecule has 0 aliphatic rings. The van der Waals surface area contributed by atoms with Gasteiger partial charge in [0.05, 0.1) is 17.6 Å². The predicted molar refractivity (Wildman–Crippen MR) is 136 cm³/mol. The molecular weight excluding hydrogens is 525 g/mol. The molecule has 0 atom stereocenters. The first-order valence-electron chi connectivity index (χ1n) is 11.1. The molecule has 0 spiro atoms. The summed E-state index contributed by atoms with van der Waals surface area (Å²) in [5.41, 5.74) is 7.34. The first-order chi connectivity index (χ1) is 18.0. The summed E-state index contributed by atoms with van der Waals surface area (Å²) in [5, 5.41) is 4.17. The van der Waals surface area contributed by atoms with Gasteiger partial charge in [-0.3, -0.25) is 4.79 Å². The molecule has 3 aromatic carbocycles. The van der Waals surface area contributed by atoms with Gasteiger partial charge >= 0.3 is 12.0 Å². The number of primary amides is 1. The van der Waals surface area contributed by atoms with Crippen LogP contribution in [0.25, 0.3) is 22.0 Å². The lowest BCUT2D eigenvalue weighted by Crippen LogP contribution is -2.22. The molecule has 5 rings (SSSR count). The van der Waals surface area contributed by atoms with Crippen LogP contribution < -0.4 is 21.4 Å². The number of carbonyl (C=O) groups is 1. The van der Waals surface area contributed by atoms with E-state index in [1.54, 1.807) is 31.2 Å². The quantitative estimate of drug-likeness (QED) is 0.259. The van der Waals surface area contributed by atoms with E-state index in [9.17, 15) is 22.8 Å². The van der Waals surface area contributed by atoms with Crippen molar-refractivity contribution in [3.05, 3.63) is 92.8 Å². The molecule has 2 aromatic heterocycles. The van der Waals surface area contributed by atoms with Crippen LogP contribution in [0.5, 0.6) is 5.75 Å². The van der Waals surface area contributed by atoms with Crippen molar-refractivity contribution >= 4 is 51.1 Å². The Balaban J connectivity index is 1.63. The van der Waals surface area contributed by atoms with Crippen molar-refractivity contribution in [2.24, 2.45) is 5.73 Å². The Kier molecular flexibility index (Phi) is 6.23. The molecule has 1 amide bonds. The number of aromatic nitrogens is 2. The molecule has 12 heteroatoms. The average molecular weight is 543 g/mol. The number of nitrogens with two attached hydrogens (primary N) is 1. The summed E-state index contributed by atoms with van der Waals surface area (Å²) in [6.45, 7) is 1.93. The monoisotopic (exact) mass is 542 g/mol. The number of hydrogen-bond acceptors (Lipinski definition) is 6. The fraction of sp³-hybridized carbons (Fsp3) is 0.115. The van der Waals surface area contributed by atoms with Crippen molar-refractivity contribution in [1.29, 1.82) is 0 Å². The molecule has 194 valence electrons. The largest absolute Gasteiger partial charge is 0.573 e. The van der Waals surface area contributed by atoms with Crippen LogP contribution >= 0.6 is 11.6 Å². The van der Waals surface area contributed by atoms with Gasteiger partial charge in [-0.05, 0) is 60.5 Å². The minimum absolute atomic E-state index is 0.238. The summed E-state index contributed by atoms with van der Waals surface area (Å²) in [6, 6.07) is 15.7. The van der Waals surface area contributed by atoms with Crippen molar-refractivity contribution < 1.29 is 27.1 Å². The van der Waals surface area contributed by atoms with Crippen LogP contribution in [0.15, 0.2) is 69.9 Å². The number of imidazole rings is 1. The fourth-order valence-corrected chi connectivity index (χ4v) is 4.28. The van der Waals surface area contributed by atoms with Crippen molar-refractivity contribution in [2.75, 3.05) is 5.32 Å². The molecule has 0 bridgehead atoms. The van der Waals surface area contributed by atoms with E-state index in [0.29, 0.717) is 45.2 Å². The summed E-state index contributed by atoms with van der Waals surface area (Å²) >= 11 is 6.02. The highest BCUT2D eigenvalue weighted by Crippen LogP contribution is 2.31. The average Bonchev–Trinajstić information content (AvgIpc) is 3.15. The van der Waals surface area contributed by atoms with Gasteiger partial charge in [-0.1, -0.05) is 23.7 Å². The first-order valence-corrected chi connectivity index (χ1v) is 11.5. The van der Waals surface area contributed by atoms with Crippen molar-refractivity contribution in [1.82, 2.24) is 9.55 Å². The maximum atomic E-state index is 12.5. The Morgan fingerprint density at radius 2 is 1.82 bits per heavy atom. The van der Waals surface area contributed by atoms with Gasteiger partial charge in [0, 0.05) is 22.2 Å². The summed E-state index contributed by atoms with van der Waals surface area (Å²) in [6.07, 6.45) is -4.80. The number of amides is 1. The molecule has 0 aliphatic heterocycles. The lowest BCUT2D eigenvalue weighted by Gasteiger charge is -2.13. The topological polar surface area (TPSA) is 112 Å². The molecule has 0 unspecified atom stereocenters. The zero-order valence-electron chi connectivity index (χ0n) is 19.6. The number of hydrogen-bond donors (Lipinski definition) is 2. The lowest BCUT2D eigenvalue weighted by atomic mass is 10.1. The van der Waals surface area contributed by atoms with Crippen LogP contribution in [-0.2, 0) is 6.54 Å². The highest BCUT2D eigenvalue weighted by Gasteiger charge is 2.31. The molecule has 8 nitrogen and oxygen atoms in total. The molecule has 38 heavy (non-hydrogen) atoms. The number of rotatable bonds is 6. The van der Waals surface area contributed by atoms with E-state index < -0.39 is 17.9 Å². The van der Waals surface area contributed by atoms with Gasteiger partial charge in [-0.15, -0.1) is 13.2 Å². The van der Waals surface area contributed by atoms with Gasteiger partial charge in [0.1, 0.15) is 16.9 Å². The van der Waals surface area contributed by atoms with Gasteiger partial charge < -0.3 is 24.8 Å².